The van der Waals surface area contributed by atoms with Gasteiger partial charge in [0.25, 0.3) is 0 Å². The minimum absolute atomic E-state index is 0.0892. The van der Waals surface area contributed by atoms with E-state index in [0.29, 0.717) is 0 Å². The Labute approximate surface area is 70.6 Å². The van der Waals surface area contributed by atoms with Crippen LogP contribution < -0.4 is 16.1 Å². The van der Waals surface area contributed by atoms with E-state index in [-0.39, 0.29) is 5.56 Å². The summed E-state index contributed by atoms with van der Waals surface area (Å²) in [6, 6.07) is 3.30. The maximum Gasteiger partial charge on any atom is 0.248 e. The number of nitrogens with one attached hydrogen (secondary N) is 1. The van der Waals surface area contributed by atoms with Crippen molar-refractivity contribution in [1.29, 1.82) is 0 Å². The van der Waals surface area contributed by atoms with Crippen molar-refractivity contribution in [3.8, 4) is 0 Å². The molecule has 0 saturated heterocycles. The van der Waals surface area contributed by atoms with Crippen molar-refractivity contribution in [1.82, 2.24) is 4.98 Å². The lowest BCUT2D eigenvalue weighted by Gasteiger charge is -1.87. The quantitative estimate of drug-likeness (QED) is 0.624. The van der Waals surface area contributed by atoms with Gasteiger partial charge in [0.05, 0.1) is 0 Å². The zero-order valence-corrected chi connectivity index (χ0v) is 7.00. The Morgan fingerprint density at radius 3 is 2.83 bits per heavy atom. The van der Waals surface area contributed by atoms with Crippen LogP contribution in [0.15, 0.2) is 29.6 Å². The zero-order valence-electron chi connectivity index (χ0n) is 7.00. The summed E-state index contributed by atoms with van der Waals surface area (Å²) in [6.45, 7) is 5.49. The summed E-state index contributed by atoms with van der Waals surface area (Å²) in [7, 11) is 0. The molecule has 62 valence electrons. The van der Waals surface area contributed by atoms with Gasteiger partial charge < -0.3 is 4.98 Å². The van der Waals surface area contributed by atoms with Crippen molar-refractivity contribution in [3.05, 3.63) is 45.7 Å². The molecule has 0 bridgehead atoms. The summed E-state index contributed by atoms with van der Waals surface area (Å²) in [5.74, 6) is 0. The van der Waals surface area contributed by atoms with Crippen LogP contribution >= 0.6 is 0 Å². The van der Waals surface area contributed by atoms with E-state index in [1.807, 2.05) is 13.0 Å². The Morgan fingerprint density at radius 1 is 1.50 bits per heavy atom. The van der Waals surface area contributed by atoms with E-state index in [4.69, 9.17) is 0 Å². The molecule has 0 aliphatic carbocycles. The Hall–Kier alpha value is -1.57. The molecule has 2 nitrogen and oxygen atoms in total. The van der Waals surface area contributed by atoms with Crippen molar-refractivity contribution in [3.63, 3.8) is 0 Å². The minimum atomic E-state index is -0.0892. The zero-order chi connectivity index (χ0) is 8.97. The Morgan fingerprint density at radius 2 is 2.25 bits per heavy atom. The van der Waals surface area contributed by atoms with Crippen LogP contribution in [0.1, 0.15) is 6.92 Å². The number of H-pyrrole nitrogens is 1. The molecule has 0 atom stereocenters. The van der Waals surface area contributed by atoms with E-state index in [1.165, 1.54) is 6.07 Å². The van der Waals surface area contributed by atoms with Gasteiger partial charge in [0.1, 0.15) is 0 Å². The van der Waals surface area contributed by atoms with Crippen molar-refractivity contribution in [2.45, 2.75) is 6.92 Å². The largest absolute Gasteiger partial charge is 0.322 e. The Balaban J connectivity index is 3.65. The number of hydrogen-bond donors (Lipinski definition) is 1. The summed E-state index contributed by atoms with van der Waals surface area (Å²) in [5, 5.41) is 1.81. The fourth-order valence-corrected chi connectivity index (χ4v) is 1.01. The van der Waals surface area contributed by atoms with Crippen molar-refractivity contribution in [2.75, 3.05) is 0 Å². The summed E-state index contributed by atoms with van der Waals surface area (Å²) in [5.41, 5.74) is -0.0892. The lowest BCUT2D eigenvalue weighted by molar-refractivity contribution is 1.15. The van der Waals surface area contributed by atoms with Crippen molar-refractivity contribution in [2.24, 2.45) is 0 Å². The number of aromatic amines is 1. The molecule has 1 rings (SSSR count). The molecular weight excluding hydrogens is 150 g/mol. The maximum absolute atomic E-state index is 10.9. The van der Waals surface area contributed by atoms with E-state index in [0.717, 1.165) is 10.6 Å². The summed E-state index contributed by atoms with van der Waals surface area (Å²) >= 11 is 0. The predicted octanol–water partition coefficient (Wildman–Crippen LogP) is 0.142. The first-order valence-corrected chi connectivity index (χ1v) is 3.76. The summed E-state index contributed by atoms with van der Waals surface area (Å²) in [4.78, 5) is 13.6. The van der Waals surface area contributed by atoms with Crippen LogP contribution in [0.4, 0.5) is 0 Å². The molecular formula is C10H11NO. The molecule has 0 aromatic carbocycles. The third-order valence-corrected chi connectivity index (χ3v) is 1.58. The Kier molecular flexibility index (Phi) is 2.64. The number of aromatic nitrogens is 1. The summed E-state index contributed by atoms with van der Waals surface area (Å²) in [6.07, 6.45) is 5.36. The molecule has 12 heavy (non-hydrogen) atoms. The van der Waals surface area contributed by atoms with Crippen LogP contribution in [-0.2, 0) is 0 Å². The van der Waals surface area contributed by atoms with Gasteiger partial charge in [0.2, 0.25) is 5.56 Å². The van der Waals surface area contributed by atoms with E-state index in [9.17, 15) is 4.79 Å². The van der Waals surface area contributed by atoms with E-state index in [1.54, 1.807) is 18.2 Å². The highest BCUT2D eigenvalue weighted by Crippen LogP contribution is 1.63. The van der Waals surface area contributed by atoms with E-state index in [2.05, 4.69) is 11.6 Å². The fourth-order valence-electron chi connectivity index (χ4n) is 1.01. The molecule has 1 N–H and O–H groups in total. The maximum atomic E-state index is 10.9. The van der Waals surface area contributed by atoms with Gasteiger partial charge in [-0.15, -0.1) is 0 Å². The van der Waals surface area contributed by atoms with Crippen molar-refractivity contribution < 1.29 is 0 Å². The molecule has 1 aromatic rings. The molecule has 0 saturated carbocycles. The van der Waals surface area contributed by atoms with Gasteiger partial charge >= 0.3 is 0 Å². The van der Waals surface area contributed by atoms with Crippen LogP contribution in [-0.4, -0.2) is 4.98 Å². The molecule has 2 heteroatoms. The van der Waals surface area contributed by atoms with Crippen LogP contribution in [0.2, 0.25) is 0 Å². The lowest BCUT2D eigenvalue weighted by atomic mass is 10.3. The first-order chi connectivity index (χ1) is 5.77. The van der Waals surface area contributed by atoms with E-state index >= 15 is 0 Å². The molecule has 0 amide bonds. The fraction of sp³-hybridized carbons (Fsp3) is 0.100. The van der Waals surface area contributed by atoms with Crippen LogP contribution in [0.25, 0.3) is 12.2 Å². The van der Waals surface area contributed by atoms with E-state index < -0.39 is 0 Å². The third kappa shape index (κ3) is 1.72. The average molecular weight is 161 g/mol. The number of pyridine rings is 1. The van der Waals surface area contributed by atoms with Crippen LogP contribution in [0, 0.1) is 0 Å². The molecule has 0 unspecified atom stereocenters. The third-order valence-electron chi connectivity index (χ3n) is 1.58. The second kappa shape index (κ2) is 3.72. The second-order valence-electron chi connectivity index (χ2n) is 2.38. The minimum Gasteiger partial charge on any atom is -0.322 e. The lowest BCUT2D eigenvalue weighted by Crippen LogP contribution is -2.32. The summed E-state index contributed by atoms with van der Waals surface area (Å²) < 4.78 is 0. The predicted molar refractivity (Wildman–Crippen MR) is 51.1 cm³/mol. The standard InChI is InChI=1S/C10H11NO/c1-3-5-9-8(4-2)6-7-10(12)11-9/h3-7H,1H2,2H3,(H,11,12)/b8-4-,9-5+. The smallest absolute Gasteiger partial charge is 0.248 e. The number of allylic oxidation sites excluding steroid dienone is 1. The van der Waals surface area contributed by atoms with Gasteiger partial charge in [0.15, 0.2) is 0 Å². The molecule has 1 aromatic heterocycles. The second-order valence-corrected chi connectivity index (χ2v) is 2.38. The average Bonchev–Trinajstić information content (AvgIpc) is 2.05. The highest BCUT2D eigenvalue weighted by atomic mass is 16.1. The molecule has 0 aliphatic rings. The highest BCUT2D eigenvalue weighted by Gasteiger charge is 1.83. The SMILES string of the molecule is C=C/C=c1/[nH]c(=O)cc/c1=C/C. The number of hydrogen-bond acceptors (Lipinski definition) is 1. The Bertz CT molecular complexity index is 440. The van der Waals surface area contributed by atoms with Gasteiger partial charge in [-0.25, -0.2) is 0 Å². The van der Waals surface area contributed by atoms with Gasteiger partial charge in [-0.1, -0.05) is 18.7 Å². The van der Waals surface area contributed by atoms with Crippen LogP contribution in [0.5, 0.6) is 0 Å². The molecule has 0 spiro atoms. The molecule has 0 fully saturated rings. The van der Waals surface area contributed by atoms with Gasteiger partial charge in [-0.2, -0.15) is 0 Å². The monoisotopic (exact) mass is 161 g/mol. The van der Waals surface area contributed by atoms with Crippen LogP contribution in [0.3, 0.4) is 0 Å². The molecule has 0 aliphatic heterocycles. The van der Waals surface area contributed by atoms with Gasteiger partial charge in [-0.3, -0.25) is 4.79 Å². The number of rotatable bonds is 1. The van der Waals surface area contributed by atoms with Gasteiger partial charge in [-0.05, 0) is 24.3 Å². The first kappa shape index (κ1) is 8.53. The normalized spacial score (nSPS) is 13.4. The van der Waals surface area contributed by atoms with Gasteiger partial charge in [0, 0.05) is 11.4 Å². The molecule has 0 radical (unpaired) electrons. The van der Waals surface area contributed by atoms with Crippen molar-refractivity contribution >= 4 is 12.2 Å². The molecule has 1 heterocycles. The topological polar surface area (TPSA) is 32.9 Å². The highest BCUT2D eigenvalue weighted by molar-refractivity contribution is 5.34. The first-order valence-electron chi connectivity index (χ1n) is 3.76.